The Balaban J connectivity index is 1.44. The van der Waals surface area contributed by atoms with Gasteiger partial charge in [-0.2, -0.15) is 0 Å². The Labute approximate surface area is 196 Å². The number of hydrogen-bond acceptors (Lipinski definition) is 5. The van der Waals surface area contributed by atoms with Gasteiger partial charge in [-0.05, 0) is 62.9 Å². The van der Waals surface area contributed by atoms with Gasteiger partial charge in [-0.15, -0.1) is 0 Å². The van der Waals surface area contributed by atoms with Crippen molar-refractivity contribution in [1.82, 2.24) is 5.32 Å². The molecule has 1 aliphatic heterocycles. The van der Waals surface area contributed by atoms with Gasteiger partial charge in [0.15, 0.2) is 6.10 Å². The molecule has 1 spiro atoms. The van der Waals surface area contributed by atoms with E-state index in [1.807, 2.05) is 24.3 Å². The first-order chi connectivity index (χ1) is 15.7. The van der Waals surface area contributed by atoms with Crippen molar-refractivity contribution in [2.24, 2.45) is 0 Å². The van der Waals surface area contributed by atoms with Gasteiger partial charge in [-0.1, -0.05) is 24.6 Å². The number of ether oxygens (including phenoxy) is 2. The minimum atomic E-state index is -3.34. The molecule has 178 valence electrons. The summed E-state index contributed by atoms with van der Waals surface area (Å²) in [7, 11) is -1.85. The molecule has 33 heavy (non-hydrogen) atoms. The molecule has 0 radical (unpaired) electrons. The Morgan fingerprint density at radius 2 is 1.79 bits per heavy atom. The molecule has 1 fully saturated rings. The Morgan fingerprint density at radius 1 is 1.12 bits per heavy atom. The van der Waals surface area contributed by atoms with Gasteiger partial charge in [0, 0.05) is 19.0 Å². The van der Waals surface area contributed by atoms with Crippen LogP contribution in [0.4, 0.5) is 5.69 Å². The van der Waals surface area contributed by atoms with Gasteiger partial charge in [0.1, 0.15) is 17.1 Å². The maximum Gasteiger partial charge on any atom is 0.261 e. The highest BCUT2D eigenvalue weighted by molar-refractivity contribution is 7.92. The lowest BCUT2D eigenvalue weighted by atomic mass is 9.77. The van der Waals surface area contributed by atoms with E-state index in [2.05, 4.69) is 5.32 Å². The second kappa shape index (κ2) is 9.25. The molecule has 2 aromatic rings. The predicted octanol–water partition coefficient (Wildman–Crippen LogP) is 4.19. The second-order valence-electron chi connectivity index (χ2n) is 9.13. The molecule has 8 heteroatoms. The third kappa shape index (κ3) is 5.27. The molecule has 0 saturated heterocycles. The van der Waals surface area contributed by atoms with E-state index in [-0.39, 0.29) is 17.6 Å². The number of carbonyl (C=O) groups is 1. The highest BCUT2D eigenvalue weighted by atomic mass is 32.2. The minimum Gasteiger partial charge on any atom is -0.487 e. The summed E-state index contributed by atoms with van der Waals surface area (Å²) in [5.74, 6) is 1.16. The molecular formula is C25H32N2O5S. The Bertz CT molecular complexity index is 1090. The monoisotopic (exact) mass is 472 g/mol. The van der Waals surface area contributed by atoms with E-state index in [0.29, 0.717) is 11.4 Å². The Morgan fingerprint density at radius 3 is 2.45 bits per heavy atom. The zero-order valence-corrected chi connectivity index (χ0v) is 20.2. The highest BCUT2D eigenvalue weighted by Gasteiger charge is 2.42. The van der Waals surface area contributed by atoms with Crippen LogP contribution < -0.4 is 19.1 Å². The maximum absolute atomic E-state index is 13.0. The van der Waals surface area contributed by atoms with Crippen molar-refractivity contribution < 1.29 is 22.7 Å². The minimum absolute atomic E-state index is 0.127. The van der Waals surface area contributed by atoms with Crippen LogP contribution in [0.1, 0.15) is 57.1 Å². The summed E-state index contributed by atoms with van der Waals surface area (Å²) in [6.07, 6.45) is 6.74. The molecule has 2 aromatic carbocycles. The van der Waals surface area contributed by atoms with E-state index >= 15 is 0 Å². The zero-order chi connectivity index (χ0) is 23.6. The van der Waals surface area contributed by atoms with Gasteiger partial charge in [-0.3, -0.25) is 9.10 Å². The number of anilines is 1. The van der Waals surface area contributed by atoms with E-state index < -0.39 is 16.1 Å². The summed E-state index contributed by atoms with van der Waals surface area (Å²) >= 11 is 0. The summed E-state index contributed by atoms with van der Waals surface area (Å²) in [6.45, 7) is 1.72. The second-order valence-corrected chi connectivity index (χ2v) is 11.1. The van der Waals surface area contributed by atoms with E-state index in [1.54, 1.807) is 31.2 Å². The molecule has 1 aliphatic carbocycles. The number of benzene rings is 2. The van der Waals surface area contributed by atoms with Gasteiger partial charge in [0.25, 0.3) is 5.91 Å². The lowest BCUT2D eigenvalue weighted by Gasteiger charge is -2.44. The average molecular weight is 473 g/mol. The van der Waals surface area contributed by atoms with Crippen molar-refractivity contribution in [3.63, 3.8) is 0 Å². The number of nitrogens with zero attached hydrogens (tertiary/aromatic N) is 1. The summed E-state index contributed by atoms with van der Waals surface area (Å²) in [4.78, 5) is 13.0. The summed E-state index contributed by atoms with van der Waals surface area (Å²) in [5.41, 5.74) is 1.32. The molecular weight excluding hydrogens is 440 g/mol. The molecule has 0 unspecified atom stereocenters. The maximum atomic E-state index is 13.0. The van der Waals surface area contributed by atoms with Crippen molar-refractivity contribution in [2.45, 2.75) is 63.2 Å². The Kier molecular flexibility index (Phi) is 6.56. The fraction of sp³-hybridized carbons (Fsp3) is 0.480. The quantitative estimate of drug-likeness (QED) is 0.681. The van der Waals surface area contributed by atoms with Crippen LogP contribution in [0.15, 0.2) is 48.5 Å². The van der Waals surface area contributed by atoms with E-state index in [9.17, 15) is 13.2 Å². The first-order valence-corrected chi connectivity index (χ1v) is 13.3. The number of amides is 1. The average Bonchev–Trinajstić information content (AvgIpc) is 2.79. The molecule has 7 nitrogen and oxygen atoms in total. The highest BCUT2D eigenvalue weighted by Crippen LogP contribution is 2.46. The van der Waals surface area contributed by atoms with Gasteiger partial charge in [-0.25, -0.2) is 8.42 Å². The molecule has 1 amide bonds. The SMILES string of the molecule is C[C@H](Oc1ccc(N(C)S(C)(=O)=O)cc1)C(=O)N[C@H]1CC2(CCCCC2)Oc2ccccc21. The number of fused-ring (bicyclic) bond motifs is 1. The van der Waals surface area contributed by atoms with Crippen LogP contribution in [-0.2, 0) is 14.8 Å². The van der Waals surface area contributed by atoms with Crippen LogP contribution in [0.5, 0.6) is 11.5 Å². The number of sulfonamides is 1. The fourth-order valence-electron chi connectivity index (χ4n) is 4.72. The van der Waals surface area contributed by atoms with Crippen LogP contribution in [-0.4, -0.2) is 39.3 Å². The predicted molar refractivity (Wildman–Crippen MR) is 128 cm³/mol. The van der Waals surface area contributed by atoms with Crippen molar-refractivity contribution in [2.75, 3.05) is 17.6 Å². The van der Waals surface area contributed by atoms with Gasteiger partial charge < -0.3 is 14.8 Å². The van der Waals surface area contributed by atoms with E-state index in [4.69, 9.17) is 9.47 Å². The molecule has 1 N–H and O–H groups in total. The van der Waals surface area contributed by atoms with Crippen molar-refractivity contribution in [1.29, 1.82) is 0 Å². The molecule has 4 rings (SSSR count). The normalized spacial score (nSPS) is 20.3. The molecule has 1 heterocycles. The first-order valence-electron chi connectivity index (χ1n) is 11.5. The van der Waals surface area contributed by atoms with Crippen LogP contribution in [0.25, 0.3) is 0 Å². The van der Waals surface area contributed by atoms with Gasteiger partial charge >= 0.3 is 0 Å². The fourth-order valence-corrected chi connectivity index (χ4v) is 5.23. The number of rotatable bonds is 6. The third-order valence-corrected chi connectivity index (χ3v) is 7.86. The van der Waals surface area contributed by atoms with Gasteiger partial charge in [0.05, 0.1) is 18.0 Å². The largest absolute Gasteiger partial charge is 0.487 e. The first kappa shape index (κ1) is 23.4. The number of carbonyl (C=O) groups excluding carboxylic acids is 1. The Hall–Kier alpha value is -2.74. The standard InChI is InChI=1S/C25H32N2O5S/c1-18(31-20-13-11-19(12-14-20)27(2)33(3,29)30)24(28)26-22-17-25(15-7-4-8-16-25)32-23-10-6-5-9-21(22)23/h5-6,9-14,18,22H,4,7-8,15-17H2,1-3H3,(H,26,28)/t18-,22-/m0/s1. The summed E-state index contributed by atoms with van der Waals surface area (Å²) in [6, 6.07) is 14.5. The zero-order valence-electron chi connectivity index (χ0n) is 19.4. The summed E-state index contributed by atoms with van der Waals surface area (Å²) in [5, 5.41) is 3.18. The molecule has 0 aromatic heterocycles. The lowest BCUT2D eigenvalue weighted by molar-refractivity contribution is -0.128. The van der Waals surface area contributed by atoms with E-state index in [0.717, 1.165) is 49.7 Å². The molecule has 2 aliphatic rings. The van der Waals surface area contributed by atoms with Crippen LogP contribution in [0, 0.1) is 0 Å². The van der Waals surface area contributed by atoms with Crippen molar-refractivity contribution >= 4 is 21.6 Å². The smallest absolute Gasteiger partial charge is 0.261 e. The molecule has 0 bridgehead atoms. The molecule has 1 saturated carbocycles. The number of nitrogens with one attached hydrogen (secondary N) is 1. The number of para-hydroxylation sites is 1. The van der Waals surface area contributed by atoms with Crippen LogP contribution in [0.2, 0.25) is 0 Å². The summed E-state index contributed by atoms with van der Waals surface area (Å²) < 4.78 is 36.9. The van der Waals surface area contributed by atoms with Gasteiger partial charge in [0.2, 0.25) is 10.0 Å². The van der Waals surface area contributed by atoms with E-state index in [1.165, 1.54) is 17.8 Å². The molecule has 2 atom stereocenters. The van der Waals surface area contributed by atoms with Crippen molar-refractivity contribution in [3.8, 4) is 11.5 Å². The van der Waals surface area contributed by atoms with Crippen LogP contribution >= 0.6 is 0 Å². The van der Waals surface area contributed by atoms with Crippen LogP contribution in [0.3, 0.4) is 0 Å². The lowest BCUT2D eigenvalue weighted by Crippen LogP contribution is -2.48. The number of hydrogen-bond donors (Lipinski definition) is 1. The topological polar surface area (TPSA) is 84.9 Å². The third-order valence-electron chi connectivity index (χ3n) is 6.66. The van der Waals surface area contributed by atoms with Crippen molar-refractivity contribution in [3.05, 3.63) is 54.1 Å².